The van der Waals surface area contributed by atoms with Crippen molar-refractivity contribution in [2.75, 3.05) is 33.4 Å². The van der Waals surface area contributed by atoms with Crippen molar-refractivity contribution in [1.82, 2.24) is 10.2 Å². The molecule has 2 N–H and O–H groups in total. The van der Waals surface area contributed by atoms with Gasteiger partial charge in [0.15, 0.2) is 0 Å². The number of nitrogens with one attached hydrogen (secondary N) is 1. The topological polar surface area (TPSA) is 61.8 Å². The van der Waals surface area contributed by atoms with Crippen molar-refractivity contribution in [2.45, 2.75) is 25.5 Å². The summed E-state index contributed by atoms with van der Waals surface area (Å²) in [7, 11) is 1.61. The van der Waals surface area contributed by atoms with Crippen LogP contribution in [0.1, 0.15) is 13.3 Å². The van der Waals surface area contributed by atoms with Crippen LogP contribution in [0.5, 0.6) is 0 Å². The van der Waals surface area contributed by atoms with E-state index in [0.717, 1.165) is 13.0 Å². The van der Waals surface area contributed by atoms with E-state index in [-0.39, 0.29) is 18.1 Å². The lowest BCUT2D eigenvalue weighted by Crippen LogP contribution is -2.42. The van der Waals surface area contributed by atoms with Crippen molar-refractivity contribution >= 4 is 5.91 Å². The van der Waals surface area contributed by atoms with E-state index >= 15 is 0 Å². The first kappa shape index (κ1) is 12.4. The van der Waals surface area contributed by atoms with E-state index in [9.17, 15) is 9.90 Å². The number of rotatable bonds is 5. The van der Waals surface area contributed by atoms with Crippen LogP contribution >= 0.6 is 0 Å². The van der Waals surface area contributed by atoms with Gasteiger partial charge < -0.3 is 15.2 Å². The van der Waals surface area contributed by atoms with Crippen molar-refractivity contribution in [1.29, 1.82) is 0 Å². The zero-order valence-corrected chi connectivity index (χ0v) is 9.40. The maximum absolute atomic E-state index is 11.5. The van der Waals surface area contributed by atoms with Gasteiger partial charge >= 0.3 is 0 Å². The minimum Gasteiger partial charge on any atom is -0.392 e. The predicted molar refractivity (Wildman–Crippen MR) is 56.5 cm³/mol. The molecule has 1 amide bonds. The summed E-state index contributed by atoms with van der Waals surface area (Å²) in [6.45, 7) is 4.19. The van der Waals surface area contributed by atoms with E-state index in [1.54, 1.807) is 7.11 Å². The summed E-state index contributed by atoms with van der Waals surface area (Å²) in [4.78, 5) is 13.5. The third-order valence-corrected chi connectivity index (χ3v) is 2.44. The SMILES string of the molecule is COCC(C)NC(=O)CN1CCC(O)C1. The summed E-state index contributed by atoms with van der Waals surface area (Å²) in [6.07, 6.45) is 0.496. The molecule has 88 valence electrons. The molecular formula is C10H20N2O3. The normalized spacial score (nSPS) is 24.1. The number of β-amino-alcohol motifs (C(OH)–C–C–N with tert-alkyl or cyclic N) is 1. The molecule has 5 heteroatoms. The third kappa shape index (κ3) is 4.59. The Balaban J connectivity index is 2.18. The van der Waals surface area contributed by atoms with Crippen molar-refractivity contribution in [3.63, 3.8) is 0 Å². The first-order chi connectivity index (χ1) is 7.11. The quantitative estimate of drug-likeness (QED) is 0.632. The third-order valence-electron chi connectivity index (χ3n) is 2.44. The Morgan fingerprint density at radius 3 is 3.00 bits per heavy atom. The molecule has 0 spiro atoms. The van der Waals surface area contributed by atoms with Crippen LogP contribution in [-0.2, 0) is 9.53 Å². The van der Waals surface area contributed by atoms with E-state index < -0.39 is 0 Å². The monoisotopic (exact) mass is 216 g/mol. The molecule has 1 saturated heterocycles. The molecule has 0 aromatic carbocycles. The molecule has 0 aromatic heterocycles. The highest BCUT2D eigenvalue weighted by Crippen LogP contribution is 2.07. The number of amides is 1. The molecule has 2 unspecified atom stereocenters. The molecule has 0 bridgehead atoms. The number of likely N-dealkylation sites (tertiary alicyclic amines) is 1. The van der Waals surface area contributed by atoms with Crippen LogP contribution in [0, 0.1) is 0 Å². The zero-order valence-electron chi connectivity index (χ0n) is 9.40. The zero-order chi connectivity index (χ0) is 11.3. The second kappa shape index (κ2) is 6.05. The van der Waals surface area contributed by atoms with Gasteiger partial charge in [-0.15, -0.1) is 0 Å². The average Bonchev–Trinajstić information content (AvgIpc) is 2.51. The number of ether oxygens (including phenoxy) is 1. The minimum absolute atomic E-state index is 0.00588. The first-order valence-corrected chi connectivity index (χ1v) is 5.30. The molecule has 1 fully saturated rings. The van der Waals surface area contributed by atoms with Crippen LogP contribution in [0.4, 0.5) is 0 Å². The molecule has 0 aromatic rings. The van der Waals surface area contributed by atoms with E-state index in [1.807, 2.05) is 11.8 Å². The van der Waals surface area contributed by atoms with Gasteiger partial charge in [-0.25, -0.2) is 0 Å². The van der Waals surface area contributed by atoms with Crippen molar-refractivity contribution in [3.05, 3.63) is 0 Å². The van der Waals surface area contributed by atoms with Gasteiger partial charge in [0.05, 0.1) is 19.3 Å². The van der Waals surface area contributed by atoms with Gasteiger partial charge in [0, 0.05) is 26.2 Å². The molecule has 0 radical (unpaired) electrons. The van der Waals surface area contributed by atoms with Crippen LogP contribution in [0.2, 0.25) is 0 Å². The molecule has 1 rings (SSSR count). The predicted octanol–water partition coefficient (Wildman–Crippen LogP) is -0.796. The van der Waals surface area contributed by atoms with E-state index in [2.05, 4.69) is 5.32 Å². The highest BCUT2D eigenvalue weighted by atomic mass is 16.5. The van der Waals surface area contributed by atoms with Gasteiger partial charge in [0.1, 0.15) is 0 Å². The lowest BCUT2D eigenvalue weighted by atomic mass is 10.3. The fourth-order valence-electron chi connectivity index (χ4n) is 1.77. The number of nitrogens with zero attached hydrogens (tertiary/aromatic N) is 1. The van der Waals surface area contributed by atoms with Crippen LogP contribution in [0.15, 0.2) is 0 Å². The molecule has 2 atom stereocenters. The number of methoxy groups -OCH3 is 1. The van der Waals surface area contributed by atoms with Gasteiger partial charge in [-0.3, -0.25) is 9.69 Å². The minimum atomic E-state index is -0.269. The molecule has 1 heterocycles. The summed E-state index contributed by atoms with van der Waals surface area (Å²) in [5.74, 6) is -0.00588. The maximum Gasteiger partial charge on any atom is 0.234 e. The fourth-order valence-corrected chi connectivity index (χ4v) is 1.77. The Hall–Kier alpha value is -0.650. The molecule has 0 aliphatic carbocycles. The second-order valence-electron chi connectivity index (χ2n) is 4.10. The molecule has 5 nitrogen and oxygen atoms in total. The van der Waals surface area contributed by atoms with Gasteiger partial charge in [-0.1, -0.05) is 0 Å². The van der Waals surface area contributed by atoms with Crippen LogP contribution in [0.25, 0.3) is 0 Å². The standard InChI is InChI=1S/C10H20N2O3/c1-8(7-15-2)11-10(14)6-12-4-3-9(13)5-12/h8-9,13H,3-7H2,1-2H3,(H,11,14). The van der Waals surface area contributed by atoms with Gasteiger partial charge in [0.2, 0.25) is 5.91 Å². The Kier molecular flexibility index (Phi) is 5.01. The molecular weight excluding hydrogens is 196 g/mol. The molecule has 1 aliphatic heterocycles. The van der Waals surface area contributed by atoms with Crippen molar-refractivity contribution in [2.24, 2.45) is 0 Å². The number of carbonyl (C=O) groups excluding carboxylic acids is 1. The Morgan fingerprint density at radius 1 is 1.73 bits per heavy atom. The molecule has 15 heavy (non-hydrogen) atoms. The van der Waals surface area contributed by atoms with Gasteiger partial charge in [-0.2, -0.15) is 0 Å². The average molecular weight is 216 g/mol. The number of hydrogen-bond acceptors (Lipinski definition) is 4. The summed E-state index contributed by atoms with van der Waals surface area (Å²) < 4.78 is 4.92. The summed E-state index contributed by atoms with van der Waals surface area (Å²) >= 11 is 0. The van der Waals surface area contributed by atoms with Crippen molar-refractivity contribution < 1.29 is 14.6 Å². The number of aliphatic hydroxyl groups excluding tert-OH is 1. The number of hydrogen-bond donors (Lipinski definition) is 2. The van der Waals surface area contributed by atoms with E-state index in [4.69, 9.17) is 4.74 Å². The lowest BCUT2D eigenvalue weighted by molar-refractivity contribution is -0.123. The van der Waals surface area contributed by atoms with Crippen LogP contribution < -0.4 is 5.32 Å². The lowest BCUT2D eigenvalue weighted by Gasteiger charge is -2.17. The molecule has 1 aliphatic rings. The van der Waals surface area contributed by atoms with E-state index in [1.165, 1.54) is 0 Å². The van der Waals surface area contributed by atoms with Crippen LogP contribution in [-0.4, -0.2) is 61.4 Å². The summed E-state index contributed by atoms with van der Waals surface area (Å²) in [5, 5.41) is 12.1. The Morgan fingerprint density at radius 2 is 2.47 bits per heavy atom. The number of aliphatic hydroxyl groups is 1. The highest BCUT2D eigenvalue weighted by Gasteiger charge is 2.22. The van der Waals surface area contributed by atoms with Gasteiger partial charge in [0.25, 0.3) is 0 Å². The molecule has 0 saturated carbocycles. The number of carbonyl (C=O) groups is 1. The largest absolute Gasteiger partial charge is 0.392 e. The Bertz CT molecular complexity index is 211. The second-order valence-corrected chi connectivity index (χ2v) is 4.10. The fraction of sp³-hybridized carbons (Fsp3) is 0.900. The van der Waals surface area contributed by atoms with E-state index in [0.29, 0.717) is 19.7 Å². The van der Waals surface area contributed by atoms with Crippen LogP contribution in [0.3, 0.4) is 0 Å². The highest BCUT2D eigenvalue weighted by molar-refractivity contribution is 5.78. The van der Waals surface area contributed by atoms with Crippen molar-refractivity contribution in [3.8, 4) is 0 Å². The maximum atomic E-state index is 11.5. The Labute approximate surface area is 90.4 Å². The first-order valence-electron chi connectivity index (χ1n) is 5.30. The van der Waals surface area contributed by atoms with Gasteiger partial charge in [-0.05, 0) is 13.3 Å². The summed E-state index contributed by atoms with van der Waals surface area (Å²) in [6, 6.07) is 0.0371. The summed E-state index contributed by atoms with van der Waals surface area (Å²) in [5.41, 5.74) is 0. The smallest absolute Gasteiger partial charge is 0.234 e.